The van der Waals surface area contributed by atoms with Crippen molar-refractivity contribution >= 4 is 21.8 Å². The Balaban J connectivity index is 2.55. The summed E-state index contributed by atoms with van der Waals surface area (Å²) in [5, 5.41) is 12.0. The lowest BCUT2D eigenvalue weighted by molar-refractivity contribution is 0.0696. The van der Waals surface area contributed by atoms with E-state index < -0.39 is 16.0 Å². The van der Waals surface area contributed by atoms with Gasteiger partial charge in [-0.3, -0.25) is 0 Å². The molecule has 1 rings (SSSR count). The summed E-state index contributed by atoms with van der Waals surface area (Å²) in [4.78, 5) is 15.2. The van der Waals surface area contributed by atoms with Crippen molar-refractivity contribution in [1.29, 1.82) is 0 Å². The van der Waals surface area contributed by atoms with Gasteiger partial charge in [0.25, 0.3) is 0 Å². The fraction of sp³-hybridized carbons (Fsp3) is 0.500. The van der Waals surface area contributed by atoms with Crippen LogP contribution in [0.25, 0.3) is 0 Å². The SMILES string of the molecule is CCc1cc(C(=O)O)cc(NCCCNS(C)(=O)=O)n1. The third-order valence-electron chi connectivity index (χ3n) is 2.51. The van der Waals surface area contributed by atoms with Gasteiger partial charge < -0.3 is 10.4 Å². The molecule has 20 heavy (non-hydrogen) atoms. The molecule has 0 aliphatic heterocycles. The Bertz CT molecular complexity index is 572. The molecule has 0 saturated carbocycles. The quantitative estimate of drug-likeness (QED) is 0.610. The van der Waals surface area contributed by atoms with Crippen molar-refractivity contribution in [2.75, 3.05) is 24.7 Å². The van der Waals surface area contributed by atoms with Gasteiger partial charge in [-0.1, -0.05) is 6.92 Å². The fourth-order valence-electron chi connectivity index (χ4n) is 1.55. The number of hydrogen-bond acceptors (Lipinski definition) is 5. The van der Waals surface area contributed by atoms with Crippen molar-refractivity contribution in [3.63, 3.8) is 0 Å². The molecule has 0 radical (unpaired) electrons. The van der Waals surface area contributed by atoms with Crippen LogP contribution in [0.1, 0.15) is 29.4 Å². The summed E-state index contributed by atoms with van der Waals surface area (Å²) in [6, 6.07) is 3.00. The van der Waals surface area contributed by atoms with E-state index in [1.54, 1.807) is 6.07 Å². The second-order valence-corrected chi connectivity index (χ2v) is 6.17. The highest BCUT2D eigenvalue weighted by Crippen LogP contribution is 2.11. The Hall–Kier alpha value is -1.67. The van der Waals surface area contributed by atoms with E-state index in [0.717, 1.165) is 6.26 Å². The van der Waals surface area contributed by atoms with Crippen LogP contribution in [-0.2, 0) is 16.4 Å². The molecule has 0 aliphatic carbocycles. The van der Waals surface area contributed by atoms with Crippen LogP contribution >= 0.6 is 0 Å². The molecule has 112 valence electrons. The Morgan fingerprint density at radius 1 is 1.35 bits per heavy atom. The number of rotatable bonds is 8. The van der Waals surface area contributed by atoms with E-state index in [2.05, 4.69) is 15.0 Å². The summed E-state index contributed by atoms with van der Waals surface area (Å²) in [7, 11) is -3.17. The van der Waals surface area contributed by atoms with Gasteiger partial charge in [0.1, 0.15) is 5.82 Å². The second-order valence-electron chi connectivity index (χ2n) is 4.34. The van der Waals surface area contributed by atoms with Crippen LogP contribution in [-0.4, -0.2) is 43.8 Å². The van der Waals surface area contributed by atoms with E-state index in [0.29, 0.717) is 37.4 Å². The maximum atomic E-state index is 11.0. The third kappa shape index (κ3) is 5.98. The van der Waals surface area contributed by atoms with E-state index in [9.17, 15) is 13.2 Å². The van der Waals surface area contributed by atoms with Crippen LogP contribution in [0.3, 0.4) is 0 Å². The lowest BCUT2D eigenvalue weighted by Crippen LogP contribution is -2.24. The predicted octanol–water partition coefficient (Wildman–Crippen LogP) is 0.693. The Morgan fingerprint density at radius 3 is 2.60 bits per heavy atom. The van der Waals surface area contributed by atoms with Crippen LogP contribution in [0.4, 0.5) is 5.82 Å². The summed E-state index contributed by atoms with van der Waals surface area (Å²) >= 11 is 0. The number of sulfonamides is 1. The lowest BCUT2D eigenvalue weighted by Gasteiger charge is -2.08. The molecule has 3 N–H and O–H groups in total. The van der Waals surface area contributed by atoms with Gasteiger partial charge in [0, 0.05) is 18.8 Å². The van der Waals surface area contributed by atoms with Gasteiger partial charge in [-0.25, -0.2) is 22.9 Å². The monoisotopic (exact) mass is 301 g/mol. The number of hydrogen-bond donors (Lipinski definition) is 3. The highest BCUT2D eigenvalue weighted by molar-refractivity contribution is 7.88. The van der Waals surface area contributed by atoms with Crippen LogP contribution < -0.4 is 10.0 Å². The minimum Gasteiger partial charge on any atom is -0.478 e. The van der Waals surface area contributed by atoms with Crippen LogP contribution in [0, 0.1) is 0 Å². The molecule has 1 aromatic rings. The normalized spacial score (nSPS) is 11.3. The number of nitrogens with one attached hydrogen (secondary N) is 2. The molecular formula is C12H19N3O4S. The first-order chi connectivity index (χ1) is 9.31. The number of aromatic nitrogens is 1. The van der Waals surface area contributed by atoms with Gasteiger partial charge in [0.05, 0.1) is 11.8 Å². The number of anilines is 1. The van der Waals surface area contributed by atoms with Crippen molar-refractivity contribution in [1.82, 2.24) is 9.71 Å². The topological polar surface area (TPSA) is 108 Å². The summed E-state index contributed by atoms with van der Waals surface area (Å²) in [5.74, 6) is -0.509. The van der Waals surface area contributed by atoms with Crippen molar-refractivity contribution in [2.45, 2.75) is 19.8 Å². The molecule has 0 bridgehead atoms. The Labute approximate surface area is 118 Å². The molecule has 0 spiro atoms. The molecule has 0 unspecified atom stereocenters. The molecule has 0 aromatic carbocycles. The first-order valence-corrected chi connectivity index (χ1v) is 8.13. The Morgan fingerprint density at radius 2 is 2.05 bits per heavy atom. The van der Waals surface area contributed by atoms with Gasteiger partial charge >= 0.3 is 5.97 Å². The largest absolute Gasteiger partial charge is 0.478 e. The summed E-state index contributed by atoms with van der Waals surface area (Å²) in [6.07, 6.45) is 2.32. The fourth-order valence-corrected chi connectivity index (χ4v) is 2.06. The average molecular weight is 301 g/mol. The maximum absolute atomic E-state index is 11.0. The molecule has 0 saturated heterocycles. The molecule has 0 aliphatic rings. The van der Waals surface area contributed by atoms with Gasteiger partial charge in [-0.15, -0.1) is 0 Å². The highest BCUT2D eigenvalue weighted by Gasteiger charge is 2.07. The van der Waals surface area contributed by atoms with E-state index >= 15 is 0 Å². The highest BCUT2D eigenvalue weighted by atomic mass is 32.2. The van der Waals surface area contributed by atoms with Gasteiger partial charge in [0.15, 0.2) is 0 Å². The minimum absolute atomic E-state index is 0.189. The van der Waals surface area contributed by atoms with E-state index in [4.69, 9.17) is 5.11 Å². The minimum atomic E-state index is -3.17. The first kappa shape index (κ1) is 16.4. The zero-order chi connectivity index (χ0) is 15.2. The summed E-state index contributed by atoms with van der Waals surface area (Å²) in [5.41, 5.74) is 0.885. The van der Waals surface area contributed by atoms with Gasteiger partial charge in [0.2, 0.25) is 10.0 Å². The first-order valence-electron chi connectivity index (χ1n) is 6.24. The van der Waals surface area contributed by atoms with Gasteiger partial charge in [-0.2, -0.15) is 0 Å². The van der Waals surface area contributed by atoms with Crippen LogP contribution in [0.15, 0.2) is 12.1 Å². The zero-order valence-corrected chi connectivity index (χ0v) is 12.3. The smallest absolute Gasteiger partial charge is 0.335 e. The van der Waals surface area contributed by atoms with Crippen molar-refractivity contribution < 1.29 is 18.3 Å². The number of pyridine rings is 1. The summed E-state index contributed by atoms with van der Waals surface area (Å²) in [6.45, 7) is 2.72. The number of carboxylic acid groups (broad SMARTS) is 1. The molecule has 0 fully saturated rings. The number of carboxylic acids is 1. The molecular weight excluding hydrogens is 282 g/mol. The number of aryl methyl sites for hydroxylation is 1. The maximum Gasteiger partial charge on any atom is 0.335 e. The third-order valence-corrected chi connectivity index (χ3v) is 3.24. The molecule has 1 aromatic heterocycles. The van der Waals surface area contributed by atoms with E-state index in [1.807, 2.05) is 6.92 Å². The average Bonchev–Trinajstić information content (AvgIpc) is 2.36. The molecule has 8 heteroatoms. The molecule has 7 nitrogen and oxygen atoms in total. The molecule has 0 atom stereocenters. The molecule has 0 amide bonds. The number of nitrogens with zero attached hydrogens (tertiary/aromatic N) is 1. The Kier molecular flexibility index (Phi) is 5.90. The molecule has 1 heterocycles. The van der Waals surface area contributed by atoms with E-state index in [-0.39, 0.29) is 5.56 Å². The number of carbonyl (C=O) groups is 1. The predicted molar refractivity (Wildman–Crippen MR) is 76.5 cm³/mol. The van der Waals surface area contributed by atoms with E-state index in [1.165, 1.54) is 6.07 Å². The van der Waals surface area contributed by atoms with Gasteiger partial charge in [-0.05, 0) is 25.0 Å². The number of aromatic carboxylic acids is 1. The zero-order valence-electron chi connectivity index (χ0n) is 11.5. The summed E-state index contributed by atoms with van der Waals surface area (Å²) < 4.78 is 24.1. The van der Waals surface area contributed by atoms with Crippen molar-refractivity contribution in [2.24, 2.45) is 0 Å². The second kappa shape index (κ2) is 7.20. The van der Waals surface area contributed by atoms with Crippen molar-refractivity contribution in [3.05, 3.63) is 23.4 Å². The van der Waals surface area contributed by atoms with Crippen LogP contribution in [0.2, 0.25) is 0 Å². The standard InChI is InChI=1S/C12H19N3O4S/c1-3-10-7-9(12(16)17)8-11(15-10)13-5-4-6-14-20(2,18)19/h7-8,14H,3-6H2,1-2H3,(H,13,15)(H,16,17). The van der Waals surface area contributed by atoms with Crippen LogP contribution in [0.5, 0.6) is 0 Å². The van der Waals surface area contributed by atoms with Crippen molar-refractivity contribution in [3.8, 4) is 0 Å². The lowest BCUT2D eigenvalue weighted by atomic mass is 10.2.